The Bertz CT molecular complexity index is 141. The maximum absolute atomic E-state index is 5.54. The number of nitrogens with one attached hydrogen (secondary N) is 1. The summed E-state index contributed by atoms with van der Waals surface area (Å²) in [6.45, 7) is 12.3. The normalized spacial score (nSPS) is 19.6. The summed E-state index contributed by atoms with van der Waals surface area (Å²) >= 11 is 0. The molecule has 0 atom stereocenters. The second-order valence-corrected chi connectivity index (χ2v) is 4.22. The van der Waals surface area contributed by atoms with Gasteiger partial charge in [0.25, 0.3) is 0 Å². The summed E-state index contributed by atoms with van der Waals surface area (Å²) in [4.78, 5) is 4.99. The van der Waals surface area contributed by atoms with Gasteiger partial charge in [-0.15, -0.1) is 0 Å². The lowest BCUT2D eigenvalue weighted by atomic mass is 10.3. The van der Waals surface area contributed by atoms with Gasteiger partial charge in [-0.25, -0.2) is 0 Å². The zero-order chi connectivity index (χ0) is 10.9. The third-order valence-corrected chi connectivity index (χ3v) is 2.94. The van der Waals surface area contributed by atoms with Crippen molar-refractivity contribution in [1.29, 1.82) is 0 Å². The van der Waals surface area contributed by atoms with Gasteiger partial charge in [0.15, 0.2) is 0 Å². The van der Waals surface area contributed by atoms with E-state index in [9.17, 15) is 0 Å². The Kier molecular flexibility index (Phi) is 6.92. The average molecular weight is 214 g/mol. The molecule has 0 unspecified atom stereocenters. The second kappa shape index (κ2) is 8.05. The summed E-state index contributed by atoms with van der Waals surface area (Å²) in [6, 6.07) is 0. The van der Waals surface area contributed by atoms with Crippen molar-refractivity contribution in [3.05, 3.63) is 0 Å². The molecule has 0 bridgehead atoms. The first-order valence-corrected chi connectivity index (χ1v) is 6.22. The van der Waals surface area contributed by atoms with Crippen LogP contribution >= 0.6 is 0 Å². The molecule has 1 heterocycles. The Morgan fingerprint density at radius 1 is 1.00 bits per heavy atom. The topological polar surface area (TPSA) is 44.5 Å². The van der Waals surface area contributed by atoms with Crippen molar-refractivity contribution >= 4 is 0 Å². The van der Waals surface area contributed by atoms with Crippen LogP contribution in [0.4, 0.5) is 0 Å². The molecule has 1 aliphatic rings. The molecule has 1 fully saturated rings. The van der Waals surface area contributed by atoms with Crippen LogP contribution in [0.25, 0.3) is 0 Å². The van der Waals surface area contributed by atoms with Crippen LogP contribution in [0.5, 0.6) is 0 Å². The first-order chi connectivity index (χ1) is 7.36. The van der Waals surface area contributed by atoms with E-state index in [1.165, 1.54) is 39.1 Å². The Morgan fingerprint density at radius 2 is 1.60 bits per heavy atom. The zero-order valence-electron chi connectivity index (χ0n) is 10.0. The highest BCUT2D eigenvalue weighted by atomic mass is 15.3. The van der Waals surface area contributed by atoms with Crippen LogP contribution in [0.1, 0.15) is 13.3 Å². The van der Waals surface area contributed by atoms with Crippen LogP contribution < -0.4 is 11.1 Å². The fourth-order valence-electron chi connectivity index (χ4n) is 1.96. The number of hydrogen-bond acceptors (Lipinski definition) is 4. The summed E-state index contributed by atoms with van der Waals surface area (Å²) in [7, 11) is 0. The largest absolute Gasteiger partial charge is 0.329 e. The van der Waals surface area contributed by atoms with Crippen LogP contribution in [0.2, 0.25) is 0 Å². The third-order valence-electron chi connectivity index (χ3n) is 2.94. The monoisotopic (exact) mass is 214 g/mol. The van der Waals surface area contributed by atoms with E-state index >= 15 is 0 Å². The van der Waals surface area contributed by atoms with Gasteiger partial charge in [0.1, 0.15) is 0 Å². The highest BCUT2D eigenvalue weighted by Crippen LogP contribution is 1.99. The van der Waals surface area contributed by atoms with Crippen molar-refractivity contribution in [2.24, 2.45) is 5.73 Å². The van der Waals surface area contributed by atoms with Crippen LogP contribution in [0.3, 0.4) is 0 Å². The molecule has 90 valence electrons. The fraction of sp³-hybridized carbons (Fsp3) is 1.00. The molecule has 4 heteroatoms. The van der Waals surface area contributed by atoms with Crippen molar-refractivity contribution in [3.8, 4) is 0 Å². The van der Waals surface area contributed by atoms with E-state index in [1.54, 1.807) is 0 Å². The highest BCUT2D eigenvalue weighted by molar-refractivity contribution is 4.72. The molecule has 4 nitrogen and oxygen atoms in total. The van der Waals surface area contributed by atoms with Gasteiger partial charge in [-0.05, 0) is 13.0 Å². The number of nitrogens with zero attached hydrogens (tertiary/aromatic N) is 2. The molecule has 0 aromatic carbocycles. The van der Waals surface area contributed by atoms with Gasteiger partial charge in [0.05, 0.1) is 0 Å². The quantitative estimate of drug-likeness (QED) is 0.564. The van der Waals surface area contributed by atoms with Gasteiger partial charge in [0, 0.05) is 52.4 Å². The summed E-state index contributed by atoms with van der Waals surface area (Å²) in [5, 5.41) is 3.44. The van der Waals surface area contributed by atoms with Gasteiger partial charge in [0.2, 0.25) is 0 Å². The van der Waals surface area contributed by atoms with Crippen LogP contribution in [-0.4, -0.2) is 68.7 Å². The van der Waals surface area contributed by atoms with Gasteiger partial charge >= 0.3 is 0 Å². The zero-order valence-corrected chi connectivity index (χ0v) is 10.0. The lowest BCUT2D eigenvalue weighted by Crippen LogP contribution is -2.49. The predicted octanol–water partition coefficient (Wildman–Crippen LogP) is -0.438. The third kappa shape index (κ3) is 5.47. The Balaban J connectivity index is 1.99. The number of rotatable bonds is 7. The molecule has 15 heavy (non-hydrogen) atoms. The molecular formula is C11H26N4. The average Bonchev–Trinajstić information content (AvgIpc) is 2.27. The van der Waals surface area contributed by atoms with Gasteiger partial charge in [-0.2, -0.15) is 0 Å². The number of nitrogens with two attached hydrogens (primary N) is 1. The molecule has 3 N–H and O–H groups in total. The van der Waals surface area contributed by atoms with Gasteiger partial charge < -0.3 is 11.1 Å². The van der Waals surface area contributed by atoms with E-state index in [0.29, 0.717) is 0 Å². The molecule has 0 aliphatic carbocycles. The molecule has 1 saturated heterocycles. The molecule has 0 saturated carbocycles. The van der Waals surface area contributed by atoms with Gasteiger partial charge in [-0.3, -0.25) is 9.80 Å². The van der Waals surface area contributed by atoms with Gasteiger partial charge in [-0.1, -0.05) is 6.92 Å². The minimum atomic E-state index is 0.790. The molecule has 0 spiro atoms. The minimum absolute atomic E-state index is 0.790. The van der Waals surface area contributed by atoms with E-state index in [2.05, 4.69) is 22.0 Å². The summed E-state index contributed by atoms with van der Waals surface area (Å²) in [5.41, 5.74) is 5.54. The standard InChI is InChI=1S/C11H26N4/c1-2-4-13-5-7-15-10-8-14(6-3-12)9-11-15/h13H,2-12H2,1H3. The first-order valence-electron chi connectivity index (χ1n) is 6.22. The Morgan fingerprint density at radius 3 is 2.13 bits per heavy atom. The first kappa shape index (κ1) is 12.9. The molecule has 1 aliphatic heterocycles. The van der Waals surface area contributed by atoms with Crippen molar-refractivity contribution in [2.75, 3.05) is 58.9 Å². The number of piperazine rings is 1. The van der Waals surface area contributed by atoms with E-state index in [4.69, 9.17) is 5.73 Å². The molecule has 0 amide bonds. The lowest BCUT2D eigenvalue weighted by molar-refractivity contribution is 0.136. The molecule has 0 aromatic rings. The Hall–Kier alpha value is -0.160. The maximum Gasteiger partial charge on any atom is 0.0110 e. The molecule has 0 radical (unpaired) electrons. The second-order valence-electron chi connectivity index (χ2n) is 4.22. The van der Waals surface area contributed by atoms with E-state index in [1.807, 2.05) is 0 Å². The Labute approximate surface area is 93.8 Å². The predicted molar refractivity (Wildman–Crippen MR) is 65.1 cm³/mol. The summed E-state index contributed by atoms with van der Waals surface area (Å²) < 4.78 is 0. The van der Waals surface area contributed by atoms with Crippen molar-refractivity contribution in [1.82, 2.24) is 15.1 Å². The van der Waals surface area contributed by atoms with Crippen molar-refractivity contribution < 1.29 is 0 Å². The van der Waals surface area contributed by atoms with Crippen LogP contribution in [0, 0.1) is 0 Å². The maximum atomic E-state index is 5.54. The summed E-state index contributed by atoms with van der Waals surface area (Å²) in [5.74, 6) is 0. The minimum Gasteiger partial charge on any atom is -0.329 e. The van der Waals surface area contributed by atoms with Crippen molar-refractivity contribution in [3.63, 3.8) is 0 Å². The SMILES string of the molecule is CCCNCCN1CCN(CCN)CC1. The van der Waals surface area contributed by atoms with Crippen LogP contribution in [0.15, 0.2) is 0 Å². The molecule has 1 rings (SSSR count). The molecular weight excluding hydrogens is 188 g/mol. The van der Waals surface area contributed by atoms with E-state index < -0.39 is 0 Å². The van der Waals surface area contributed by atoms with Crippen LogP contribution in [-0.2, 0) is 0 Å². The van der Waals surface area contributed by atoms with E-state index in [-0.39, 0.29) is 0 Å². The van der Waals surface area contributed by atoms with E-state index in [0.717, 1.165) is 26.2 Å². The summed E-state index contributed by atoms with van der Waals surface area (Å²) in [6.07, 6.45) is 1.23. The molecule has 0 aromatic heterocycles. The lowest BCUT2D eigenvalue weighted by Gasteiger charge is -2.34. The smallest absolute Gasteiger partial charge is 0.0110 e. The fourth-order valence-corrected chi connectivity index (χ4v) is 1.96. The number of hydrogen-bond donors (Lipinski definition) is 2. The highest BCUT2D eigenvalue weighted by Gasteiger charge is 2.14. The van der Waals surface area contributed by atoms with Crippen molar-refractivity contribution in [2.45, 2.75) is 13.3 Å².